The van der Waals surface area contributed by atoms with Gasteiger partial charge in [0.05, 0.1) is 13.2 Å². The van der Waals surface area contributed by atoms with Crippen molar-refractivity contribution in [2.24, 2.45) is 0 Å². The van der Waals surface area contributed by atoms with Gasteiger partial charge < -0.3 is 19.7 Å². The van der Waals surface area contributed by atoms with Crippen molar-refractivity contribution in [3.8, 4) is 0 Å². The molecule has 0 saturated carbocycles. The van der Waals surface area contributed by atoms with E-state index in [0.717, 1.165) is 17.7 Å². The molecule has 2 amide bonds. The normalized spacial score (nSPS) is 18.0. The molecule has 152 valence electrons. The first kappa shape index (κ1) is 19.5. The minimum absolute atomic E-state index is 0.179. The summed E-state index contributed by atoms with van der Waals surface area (Å²) < 4.78 is 11.4. The van der Waals surface area contributed by atoms with Gasteiger partial charge in [0.1, 0.15) is 5.69 Å². The number of ether oxygens (including phenoxy) is 2. The van der Waals surface area contributed by atoms with Gasteiger partial charge in [-0.15, -0.1) is 0 Å². The Kier molecular flexibility index (Phi) is 5.60. The molecule has 29 heavy (non-hydrogen) atoms. The number of rotatable bonds is 4. The molecule has 2 aliphatic rings. The number of carbonyl (C=O) groups excluding carboxylic acids is 2. The molecule has 0 atom stereocenters. The molecule has 2 saturated heterocycles. The number of pyridine rings is 1. The number of amides is 2. The number of piperidine rings is 1. The van der Waals surface area contributed by atoms with Gasteiger partial charge in [-0.3, -0.25) is 14.6 Å². The highest BCUT2D eigenvalue weighted by Gasteiger charge is 2.41. The molecule has 1 spiro atoms. The first-order valence-corrected chi connectivity index (χ1v) is 10.0. The van der Waals surface area contributed by atoms with Crippen LogP contribution in [0.15, 0.2) is 42.6 Å². The van der Waals surface area contributed by atoms with Crippen LogP contribution >= 0.6 is 0 Å². The fraction of sp³-hybridized carbons (Fsp3) is 0.409. The molecule has 1 aromatic heterocycles. The van der Waals surface area contributed by atoms with Crippen molar-refractivity contribution >= 4 is 17.5 Å². The second kappa shape index (κ2) is 8.31. The Balaban J connectivity index is 1.44. The molecule has 0 aliphatic carbocycles. The Morgan fingerprint density at radius 2 is 1.86 bits per heavy atom. The minimum atomic E-state index is -0.529. The molecule has 0 bridgehead atoms. The Hall–Kier alpha value is -2.77. The van der Waals surface area contributed by atoms with E-state index in [-0.39, 0.29) is 17.5 Å². The van der Waals surface area contributed by atoms with Crippen LogP contribution in [0.3, 0.4) is 0 Å². The molecule has 0 radical (unpaired) electrons. The second-order valence-electron chi connectivity index (χ2n) is 7.29. The third-order valence-corrected chi connectivity index (χ3v) is 5.51. The van der Waals surface area contributed by atoms with E-state index < -0.39 is 5.79 Å². The number of nitrogens with zero attached hydrogens (tertiary/aromatic N) is 2. The summed E-state index contributed by atoms with van der Waals surface area (Å²) in [6, 6.07) is 10.9. The van der Waals surface area contributed by atoms with Crippen molar-refractivity contribution in [1.82, 2.24) is 9.88 Å². The van der Waals surface area contributed by atoms with Gasteiger partial charge >= 0.3 is 0 Å². The SMILES string of the molecule is CCc1ccccc1NC(=O)c1ccnc(C(=O)N2CCC3(CC2)OCCO3)c1. The van der Waals surface area contributed by atoms with Gasteiger partial charge in [-0.1, -0.05) is 25.1 Å². The van der Waals surface area contributed by atoms with E-state index >= 15 is 0 Å². The van der Waals surface area contributed by atoms with E-state index in [0.29, 0.717) is 44.7 Å². The zero-order valence-electron chi connectivity index (χ0n) is 16.5. The molecule has 1 aromatic carbocycles. The van der Waals surface area contributed by atoms with Gasteiger partial charge in [-0.2, -0.15) is 0 Å². The Labute approximate surface area is 170 Å². The molecule has 7 nitrogen and oxygen atoms in total. The van der Waals surface area contributed by atoms with Crippen LogP contribution in [0.5, 0.6) is 0 Å². The van der Waals surface area contributed by atoms with Gasteiger partial charge in [0.15, 0.2) is 5.79 Å². The van der Waals surface area contributed by atoms with Crippen molar-refractivity contribution in [3.05, 3.63) is 59.4 Å². The maximum Gasteiger partial charge on any atom is 0.272 e. The molecule has 7 heteroatoms. The van der Waals surface area contributed by atoms with Crippen molar-refractivity contribution in [2.45, 2.75) is 32.0 Å². The van der Waals surface area contributed by atoms with Crippen LogP contribution in [-0.2, 0) is 15.9 Å². The van der Waals surface area contributed by atoms with E-state index in [1.807, 2.05) is 31.2 Å². The Bertz CT molecular complexity index is 898. The number of aromatic nitrogens is 1. The maximum atomic E-state index is 12.9. The summed E-state index contributed by atoms with van der Waals surface area (Å²) >= 11 is 0. The number of nitrogens with one attached hydrogen (secondary N) is 1. The van der Waals surface area contributed by atoms with Gasteiger partial charge in [-0.25, -0.2) is 0 Å². The average Bonchev–Trinajstić information content (AvgIpc) is 3.22. The predicted molar refractivity (Wildman–Crippen MR) is 108 cm³/mol. The monoisotopic (exact) mass is 395 g/mol. The maximum absolute atomic E-state index is 12.9. The van der Waals surface area contributed by atoms with Crippen molar-refractivity contribution in [3.63, 3.8) is 0 Å². The zero-order chi connectivity index (χ0) is 20.3. The van der Waals surface area contributed by atoms with Crippen molar-refractivity contribution in [2.75, 3.05) is 31.6 Å². The summed E-state index contributed by atoms with van der Waals surface area (Å²) in [6.45, 7) is 4.34. The lowest BCUT2D eigenvalue weighted by Crippen LogP contribution is -2.47. The van der Waals surface area contributed by atoms with E-state index in [9.17, 15) is 9.59 Å². The highest BCUT2D eigenvalue weighted by molar-refractivity contribution is 6.06. The predicted octanol–water partition coefficient (Wildman–Crippen LogP) is 2.88. The van der Waals surface area contributed by atoms with Crippen LogP contribution in [0.25, 0.3) is 0 Å². The van der Waals surface area contributed by atoms with Crippen LogP contribution in [0.2, 0.25) is 0 Å². The van der Waals surface area contributed by atoms with E-state index in [1.165, 1.54) is 6.20 Å². The fourth-order valence-electron chi connectivity index (χ4n) is 3.83. The van der Waals surface area contributed by atoms with Crippen molar-refractivity contribution in [1.29, 1.82) is 0 Å². The summed E-state index contributed by atoms with van der Waals surface area (Å²) in [6.07, 6.45) is 3.61. The number of anilines is 1. The van der Waals surface area contributed by atoms with Crippen LogP contribution < -0.4 is 5.32 Å². The molecule has 2 fully saturated rings. The Morgan fingerprint density at radius 3 is 2.59 bits per heavy atom. The molecule has 4 rings (SSSR count). The lowest BCUT2D eigenvalue weighted by Gasteiger charge is -2.37. The lowest BCUT2D eigenvalue weighted by atomic mass is 10.0. The summed E-state index contributed by atoms with van der Waals surface area (Å²) in [5, 5.41) is 2.93. The highest BCUT2D eigenvalue weighted by Crippen LogP contribution is 2.31. The lowest BCUT2D eigenvalue weighted by molar-refractivity contribution is -0.181. The third-order valence-electron chi connectivity index (χ3n) is 5.51. The first-order chi connectivity index (χ1) is 14.1. The topological polar surface area (TPSA) is 80.8 Å². The largest absolute Gasteiger partial charge is 0.347 e. The van der Waals surface area contributed by atoms with E-state index in [1.54, 1.807) is 17.0 Å². The van der Waals surface area contributed by atoms with Gasteiger partial charge in [0, 0.05) is 43.4 Å². The molecular formula is C22H25N3O4. The number of aryl methyl sites for hydroxylation is 1. The van der Waals surface area contributed by atoms with Gasteiger partial charge in [-0.05, 0) is 30.2 Å². The minimum Gasteiger partial charge on any atom is -0.347 e. The third kappa shape index (κ3) is 4.16. The molecule has 2 aromatic rings. The standard InChI is InChI=1S/C22H25N3O4/c1-2-16-5-3-4-6-18(16)24-20(26)17-7-10-23-19(15-17)21(27)25-11-8-22(9-12-25)28-13-14-29-22/h3-7,10,15H,2,8-9,11-14H2,1H3,(H,24,26). The summed E-state index contributed by atoms with van der Waals surface area (Å²) in [4.78, 5) is 31.5. The average molecular weight is 395 g/mol. The molecule has 3 heterocycles. The quantitative estimate of drug-likeness (QED) is 0.861. The summed E-state index contributed by atoms with van der Waals surface area (Å²) in [5.74, 6) is -0.965. The summed E-state index contributed by atoms with van der Waals surface area (Å²) in [7, 11) is 0. The zero-order valence-corrected chi connectivity index (χ0v) is 16.5. The molecular weight excluding hydrogens is 370 g/mol. The van der Waals surface area contributed by atoms with Crippen LogP contribution in [0.1, 0.15) is 46.2 Å². The smallest absolute Gasteiger partial charge is 0.272 e. The van der Waals surface area contributed by atoms with Crippen molar-refractivity contribution < 1.29 is 19.1 Å². The first-order valence-electron chi connectivity index (χ1n) is 10.0. The van der Waals surface area contributed by atoms with Crippen LogP contribution in [-0.4, -0.2) is 53.8 Å². The van der Waals surface area contributed by atoms with E-state index in [4.69, 9.17) is 9.47 Å². The molecule has 2 aliphatic heterocycles. The Morgan fingerprint density at radius 1 is 1.14 bits per heavy atom. The number of hydrogen-bond acceptors (Lipinski definition) is 5. The number of para-hydroxylation sites is 1. The van der Waals surface area contributed by atoms with E-state index in [2.05, 4.69) is 10.3 Å². The highest BCUT2D eigenvalue weighted by atomic mass is 16.7. The second-order valence-corrected chi connectivity index (χ2v) is 7.29. The number of hydrogen-bond donors (Lipinski definition) is 1. The number of benzene rings is 1. The van der Waals surface area contributed by atoms with Gasteiger partial charge in [0.2, 0.25) is 0 Å². The number of carbonyl (C=O) groups is 2. The number of likely N-dealkylation sites (tertiary alicyclic amines) is 1. The fourth-order valence-corrected chi connectivity index (χ4v) is 3.83. The van der Waals surface area contributed by atoms with Gasteiger partial charge in [0.25, 0.3) is 11.8 Å². The van der Waals surface area contributed by atoms with Crippen LogP contribution in [0.4, 0.5) is 5.69 Å². The molecule has 1 N–H and O–H groups in total. The van der Waals surface area contributed by atoms with Crippen LogP contribution in [0, 0.1) is 0 Å². The summed E-state index contributed by atoms with van der Waals surface area (Å²) in [5.41, 5.74) is 2.52. The molecule has 0 unspecified atom stereocenters.